The quantitative estimate of drug-likeness (QED) is 0.608. The van der Waals surface area contributed by atoms with Crippen LogP contribution in [0.4, 0.5) is 0 Å². The Bertz CT molecular complexity index is 397. The summed E-state index contributed by atoms with van der Waals surface area (Å²) in [7, 11) is -1.30. The van der Waals surface area contributed by atoms with Crippen LogP contribution in [0.1, 0.15) is 10.9 Å². The molecule has 0 fully saturated rings. The molecule has 0 bridgehead atoms. The maximum absolute atomic E-state index is 11.1. The third kappa shape index (κ3) is 2.73. The highest BCUT2D eigenvalue weighted by Gasteiger charge is 2.08. The highest BCUT2D eigenvalue weighted by molar-refractivity contribution is 7.90. The lowest BCUT2D eigenvalue weighted by atomic mass is 10.2. The third-order valence-electron chi connectivity index (χ3n) is 1.90. The molecule has 1 atom stereocenters. The van der Waals surface area contributed by atoms with Crippen molar-refractivity contribution >= 4 is 22.5 Å². The summed E-state index contributed by atoms with van der Waals surface area (Å²) >= 11 is 4.27. The Labute approximate surface area is 89.9 Å². The van der Waals surface area contributed by atoms with Crippen molar-refractivity contribution in [2.24, 2.45) is 0 Å². The van der Waals surface area contributed by atoms with Gasteiger partial charge in [-0.2, -0.15) is 12.6 Å². The van der Waals surface area contributed by atoms with Crippen LogP contribution < -0.4 is 5.32 Å². The van der Waals surface area contributed by atoms with Gasteiger partial charge >= 0.3 is 0 Å². The van der Waals surface area contributed by atoms with E-state index in [0.717, 1.165) is 5.56 Å². The summed E-state index contributed by atoms with van der Waals surface area (Å²) in [6.07, 6.45) is 1.19. The van der Waals surface area contributed by atoms with Gasteiger partial charge in [0, 0.05) is 6.26 Å². The van der Waals surface area contributed by atoms with Crippen LogP contribution >= 0.6 is 12.6 Å². The molecule has 0 aliphatic heterocycles. The van der Waals surface area contributed by atoms with E-state index < -0.39 is 9.84 Å². The normalized spacial score (nSPS) is 13.9. The van der Waals surface area contributed by atoms with Gasteiger partial charge in [0.05, 0.1) is 10.3 Å². The fraction of sp³-hybridized carbons (Fsp3) is 0.333. The van der Waals surface area contributed by atoms with Crippen LogP contribution in [0.3, 0.4) is 0 Å². The molecule has 3 nitrogen and oxygen atoms in total. The van der Waals surface area contributed by atoms with Crippen molar-refractivity contribution in [3.05, 3.63) is 29.8 Å². The zero-order chi connectivity index (χ0) is 10.8. The van der Waals surface area contributed by atoms with Gasteiger partial charge in [-0.3, -0.25) is 0 Å². The Morgan fingerprint density at radius 3 is 2.14 bits per heavy atom. The summed E-state index contributed by atoms with van der Waals surface area (Å²) in [5.41, 5.74) is 0.947. The number of nitrogens with one attached hydrogen (secondary N) is 1. The topological polar surface area (TPSA) is 46.2 Å². The van der Waals surface area contributed by atoms with E-state index in [2.05, 4.69) is 17.9 Å². The van der Waals surface area contributed by atoms with Crippen molar-refractivity contribution in [2.75, 3.05) is 13.3 Å². The first-order chi connectivity index (χ1) is 6.45. The van der Waals surface area contributed by atoms with E-state index in [4.69, 9.17) is 0 Å². The summed E-state index contributed by atoms with van der Waals surface area (Å²) in [6, 6.07) is 6.69. The van der Waals surface area contributed by atoms with Gasteiger partial charge in [-0.15, -0.1) is 0 Å². The summed E-state index contributed by atoms with van der Waals surface area (Å²) in [4.78, 5) is 0.331. The second-order valence-corrected chi connectivity index (χ2v) is 5.56. The van der Waals surface area contributed by atoms with Crippen molar-refractivity contribution in [1.29, 1.82) is 0 Å². The molecule has 0 amide bonds. The van der Waals surface area contributed by atoms with Gasteiger partial charge in [0.15, 0.2) is 9.84 Å². The van der Waals surface area contributed by atoms with Crippen LogP contribution in [0.25, 0.3) is 0 Å². The molecule has 0 saturated heterocycles. The van der Waals surface area contributed by atoms with Crippen LogP contribution in [-0.4, -0.2) is 21.7 Å². The first-order valence-corrected chi connectivity index (χ1v) is 6.51. The lowest BCUT2D eigenvalue weighted by Gasteiger charge is -2.09. The van der Waals surface area contributed by atoms with Crippen molar-refractivity contribution in [3.8, 4) is 0 Å². The Balaban J connectivity index is 3.01. The van der Waals surface area contributed by atoms with Crippen molar-refractivity contribution in [3.63, 3.8) is 0 Å². The molecular formula is C9H13NO2S2. The summed E-state index contributed by atoms with van der Waals surface area (Å²) in [5.74, 6) is 0. The van der Waals surface area contributed by atoms with Crippen LogP contribution in [0.2, 0.25) is 0 Å². The average molecular weight is 231 g/mol. The number of thiol groups is 1. The van der Waals surface area contributed by atoms with E-state index in [1.807, 2.05) is 0 Å². The summed E-state index contributed by atoms with van der Waals surface area (Å²) in [6.45, 7) is 0. The van der Waals surface area contributed by atoms with E-state index >= 15 is 0 Å². The molecule has 0 aliphatic rings. The predicted octanol–water partition coefficient (Wildman–Crippen LogP) is 1.24. The first kappa shape index (κ1) is 11.6. The lowest BCUT2D eigenvalue weighted by molar-refractivity contribution is 0.602. The molecule has 1 unspecified atom stereocenters. The maximum atomic E-state index is 11.1. The molecule has 78 valence electrons. The van der Waals surface area contributed by atoms with Gasteiger partial charge in [-0.1, -0.05) is 12.1 Å². The van der Waals surface area contributed by atoms with Crippen molar-refractivity contribution < 1.29 is 8.42 Å². The zero-order valence-corrected chi connectivity index (χ0v) is 9.77. The lowest BCUT2D eigenvalue weighted by Crippen LogP contribution is -2.10. The van der Waals surface area contributed by atoms with E-state index in [0.29, 0.717) is 4.90 Å². The van der Waals surface area contributed by atoms with Crippen LogP contribution in [0, 0.1) is 0 Å². The Kier molecular flexibility index (Phi) is 3.58. The Morgan fingerprint density at radius 2 is 1.79 bits per heavy atom. The van der Waals surface area contributed by atoms with Crippen LogP contribution in [0.15, 0.2) is 29.2 Å². The summed E-state index contributed by atoms with van der Waals surface area (Å²) < 4.78 is 22.3. The third-order valence-corrected chi connectivity index (χ3v) is 3.58. The van der Waals surface area contributed by atoms with Crippen LogP contribution in [0.5, 0.6) is 0 Å². The van der Waals surface area contributed by atoms with Gasteiger partial charge in [0.25, 0.3) is 0 Å². The van der Waals surface area contributed by atoms with Gasteiger partial charge in [0.2, 0.25) is 0 Å². The number of sulfone groups is 1. The minimum Gasteiger partial charge on any atom is -0.305 e. The molecule has 14 heavy (non-hydrogen) atoms. The number of hydrogen-bond donors (Lipinski definition) is 2. The minimum atomic E-state index is -3.10. The smallest absolute Gasteiger partial charge is 0.175 e. The highest BCUT2D eigenvalue weighted by atomic mass is 32.2. The largest absolute Gasteiger partial charge is 0.305 e. The molecule has 1 aromatic rings. The molecular weight excluding hydrogens is 218 g/mol. The zero-order valence-electron chi connectivity index (χ0n) is 8.06. The monoisotopic (exact) mass is 231 g/mol. The SMILES string of the molecule is CNC(S)c1ccc(S(C)(=O)=O)cc1. The van der Waals surface area contributed by atoms with Gasteiger partial charge in [-0.25, -0.2) is 8.42 Å². The molecule has 0 radical (unpaired) electrons. The van der Waals surface area contributed by atoms with E-state index in [1.54, 1.807) is 31.3 Å². The van der Waals surface area contributed by atoms with E-state index in [-0.39, 0.29) is 5.37 Å². The average Bonchev–Trinajstić information content (AvgIpc) is 2.15. The second-order valence-electron chi connectivity index (χ2n) is 3.03. The molecule has 1 rings (SSSR count). The minimum absolute atomic E-state index is 0.0661. The molecule has 5 heteroatoms. The molecule has 0 saturated carbocycles. The van der Waals surface area contributed by atoms with Crippen molar-refractivity contribution in [2.45, 2.75) is 10.3 Å². The molecule has 0 aromatic heterocycles. The fourth-order valence-electron chi connectivity index (χ4n) is 1.06. The van der Waals surface area contributed by atoms with Crippen molar-refractivity contribution in [1.82, 2.24) is 5.32 Å². The molecule has 1 N–H and O–H groups in total. The van der Waals surface area contributed by atoms with Gasteiger partial charge < -0.3 is 5.32 Å². The predicted molar refractivity (Wildman–Crippen MR) is 60.3 cm³/mol. The van der Waals surface area contributed by atoms with Gasteiger partial charge in [-0.05, 0) is 24.7 Å². The maximum Gasteiger partial charge on any atom is 0.175 e. The standard InChI is InChI=1S/C9H13NO2S2/c1-10-9(13)7-3-5-8(6-4-7)14(2,11)12/h3-6,9-10,13H,1-2H3. The van der Waals surface area contributed by atoms with Gasteiger partial charge in [0.1, 0.15) is 0 Å². The second kappa shape index (κ2) is 4.33. The highest BCUT2D eigenvalue weighted by Crippen LogP contribution is 2.18. The molecule has 0 spiro atoms. The molecule has 0 heterocycles. The Hall–Kier alpha value is -0.520. The van der Waals surface area contributed by atoms with E-state index in [9.17, 15) is 8.42 Å². The number of benzene rings is 1. The number of hydrogen-bond acceptors (Lipinski definition) is 4. The summed E-state index contributed by atoms with van der Waals surface area (Å²) in [5, 5.41) is 2.89. The molecule has 0 aliphatic carbocycles. The first-order valence-electron chi connectivity index (χ1n) is 4.10. The number of rotatable bonds is 3. The molecule has 1 aromatic carbocycles. The van der Waals surface area contributed by atoms with Crippen LogP contribution in [-0.2, 0) is 9.84 Å². The fourth-order valence-corrected chi connectivity index (χ4v) is 1.87. The van der Waals surface area contributed by atoms with E-state index in [1.165, 1.54) is 6.26 Å². The Morgan fingerprint density at radius 1 is 1.29 bits per heavy atom.